The van der Waals surface area contributed by atoms with Crippen molar-refractivity contribution in [2.24, 2.45) is 7.05 Å². The molecule has 0 saturated carbocycles. The molecule has 0 fully saturated rings. The molecule has 24 heavy (non-hydrogen) atoms. The smallest absolute Gasteiger partial charge is 0.263 e. The Hall–Kier alpha value is -2.60. The lowest BCUT2D eigenvalue weighted by Gasteiger charge is -2.08. The summed E-state index contributed by atoms with van der Waals surface area (Å²) in [5.74, 6) is 0.660. The van der Waals surface area contributed by atoms with E-state index in [4.69, 9.17) is 4.74 Å². The molecule has 6 heteroatoms. The van der Waals surface area contributed by atoms with Crippen molar-refractivity contribution in [3.8, 4) is 17.0 Å². The van der Waals surface area contributed by atoms with Crippen molar-refractivity contribution in [2.75, 3.05) is 6.26 Å². The third-order valence-electron chi connectivity index (χ3n) is 3.57. The summed E-state index contributed by atoms with van der Waals surface area (Å²) in [6, 6.07) is 13.5. The van der Waals surface area contributed by atoms with Crippen LogP contribution in [0.4, 0.5) is 0 Å². The highest BCUT2D eigenvalue weighted by Crippen LogP contribution is 2.18. The lowest BCUT2D eigenvalue weighted by molar-refractivity contribution is 0.305. The summed E-state index contributed by atoms with van der Waals surface area (Å²) in [5.41, 5.74) is 2.04. The fraction of sp³-hybridized carbons (Fsp3) is 0.167. The van der Waals surface area contributed by atoms with Crippen LogP contribution in [-0.2, 0) is 13.7 Å². The predicted octanol–water partition coefficient (Wildman–Crippen LogP) is 3.14. The number of ether oxygens (including phenoxy) is 1. The van der Waals surface area contributed by atoms with E-state index in [-0.39, 0.29) is 5.56 Å². The Morgan fingerprint density at radius 3 is 2.54 bits per heavy atom. The highest BCUT2D eigenvalue weighted by Gasteiger charge is 2.10. The average molecular weight is 339 g/mol. The minimum absolute atomic E-state index is 0.111. The molecule has 122 valence electrons. The van der Waals surface area contributed by atoms with Crippen LogP contribution in [-0.4, -0.2) is 20.8 Å². The Balaban J connectivity index is 1.77. The van der Waals surface area contributed by atoms with E-state index in [1.54, 1.807) is 25.5 Å². The summed E-state index contributed by atoms with van der Waals surface area (Å²) in [6.45, 7) is 0.480. The molecular weight excluding hydrogens is 322 g/mol. The topological polar surface area (TPSA) is 57.0 Å². The quantitative estimate of drug-likeness (QED) is 0.528. The van der Waals surface area contributed by atoms with E-state index in [1.165, 1.54) is 16.3 Å². The molecule has 3 aromatic rings. The van der Waals surface area contributed by atoms with Crippen molar-refractivity contribution in [3.05, 3.63) is 70.8 Å². The van der Waals surface area contributed by atoms with Gasteiger partial charge in [0.25, 0.3) is 5.56 Å². The summed E-state index contributed by atoms with van der Waals surface area (Å²) >= 11 is 1.43. The molecule has 0 saturated heterocycles. The molecule has 0 spiro atoms. The molecule has 1 aromatic carbocycles. The molecule has 5 nitrogen and oxygen atoms in total. The number of hydrogen-bond acceptors (Lipinski definition) is 5. The summed E-state index contributed by atoms with van der Waals surface area (Å²) in [6.07, 6.45) is 5.08. The Bertz CT molecular complexity index is 877. The number of rotatable bonds is 5. The maximum Gasteiger partial charge on any atom is 0.263 e. The Kier molecular flexibility index (Phi) is 4.96. The normalized spacial score (nSPS) is 10.6. The maximum absolute atomic E-state index is 12.4. The van der Waals surface area contributed by atoms with Gasteiger partial charge in [0.15, 0.2) is 5.16 Å². The molecule has 3 rings (SSSR count). The second-order valence-electron chi connectivity index (χ2n) is 5.18. The zero-order valence-electron chi connectivity index (χ0n) is 13.5. The van der Waals surface area contributed by atoms with Crippen molar-refractivity contribution in [1.29, 1.82) is 0 Å². The second kappa shape index (κ2) is 7.31. The lowest BCUT2D eigenvalue weighted by Crippen LogP contribution is -2.21. The van der Waals surface area contributed by atoms with Crippen molar-refractivity contribution in [1.82, 2.24) is 14.5 Å². The molecule has 0 radical (unpaired) electrons. The molecule has 2 heterocycles. The summed E-state index contributed by atoms with van der Waals surface area (Å²) in [4.78, 5) is 21.0. The standard InChI is InChI=1S/C18H17N3O2S/c1-21-17(22)15(11-20-18(21)24-2)16-9-8-14(10-19-16)23-12-13-6-4-3-5-7-13/h3-11H,12H2,1-2H3. The minimum Gasteiger partial charge on any atom is -0.487 e. The fourth-order valence-corrected chi connectivity index (χ4v) is 2.78. The molecular formula is C18H17N3O2S. The second-order valence-corrected chi connectivity index (χ2v) is 5.95. The van der Waals surface area contributed by atoms with Crippen LogP contribution in [0.25, 0.3) is 11.3 Å². The SMILES string of the molecule is CSc1ncc(-c2ccc(OCc3ccccc3)cn2)c(=O)n1C. The third kappa shape index (κ3) is 3.49. The van der Waals surface area contributed by atoms with Gasteiger partial charge in [-0.15, -0.1) is 0 Å². The van der Waals surface area contributed by atoms with E-state index in [0.717, 1.165) is 5.56 Å². The number of nitrogens with zero attached hydrogens (tertiary/aromatic N) is 3. The predicted molar refractivity (Wildman–Crippen MR) is 95.3 cm³/mol. The first-order valence-corrected chi connectivity index (χ1v) is 8.64. The number of hydrogen-bond donors (Lipinski definition) is 0. The largest absolute Gasteiger partial charge is 0.487 e. The Labute approximate surface area is 144 Å². The van der Waals surface area contributed by atoms with Gasteiger partial charge < -0.3 is 4.74 Å². The molecule has 0 atom stereocenters. The molecule has 0 bridgehead atoms. The third-order valence-corrected chi connectivity index (χ3v) is 4.31. The summed E-state index contributed by atoms with van der Waals surface area (Å²) in [5, 5.41) is 0.673. The first kappa shape index (κ1) is 16.3. The van der Waals surface area contributed by atoms with Gasteiger partial charge in [0.1, 0.15) is 12.4 Å². The first-order chi connectivity index (χ1) is 11.7. The van der Waals surface area contributed by atoms with Crippen LogP contribution in [0.5, 0.6) is 5.75 Å². The van der Waals surface area contributed by atoms with Crippen molar-refractivity contribution >= 4 is 11.8 Å². The van der Waals surface area contributed by atoms with E-state index >= 15 is 0 Å². The Morgan fingerprint density at radius 1 is 1.08 bits per heavy atom. The van der Waals surface area contributed by atoms with Crippen molar-refractivity contribution in [2.45, 2.75) is 11.8 Å². The van der Waals surface area contributed by atoms with Gasteiger partial charge in [-0.05, 0) is 24.0 Å². The average Bonchev–Trinajstić information content (AvgIpc) is 2.64. The highest BCUT2D eigenvalue weighted by molar-refractivity contribution is 7.98. The molecule has 0 aliphatic heterocycles. The zero-order valence-corrected chi connectivity index (χ0v) is 14.3. The van der Waals surface area contributed by atoms with Gasteiger partial charge >= 0.3 is 0 Å². The van der Waals surface area contributed by atoms with Crippen molar-refractivity contribution in [3.63, 3.8) is 0 Å². The summed E-state index contributed by atoms with van der Waals surface area (Å²) < 4.78 is 7.24. The molecule has 0 unspecified atom stereocenters. The van der Waals surface area contributed by atoms with Gasteiger partial charge in [-0.2, -0.15) is 0 Å². The monoisotopic (exact) mass is 339 g/mol. The zero-order chi connectivity index (χ0) is 16.9. The van der Waals surface area contributed by atoms with E-state index in [2.05, 4.69) is 9.97 Å². The van der Waals surface area contributed by atoms with Crippen LogP contribution in [0.3, 0.4) is 0 Å². The number of benzene rings is 1. The Morgan fingerprint density at radius 2 is 1.88 bits per heavy atom. The molecule has 0 N–H and O–H groups in total. The number of thioether (sulfide) groups is 1. The van der Waals surface area contributed by atoms with E-state index < -0.39 is 0 Å². The van der Waals surface area contributed by atoms with Gasteiger partial charge in [-0.3, -0.25) is 14.3 Å². The highest BCUT2D eigenvalue weighted by atomic mass is 32.2. The van der Waals surface area contributed by atoms with E-state index in [9.17, 15) is 4.79 Å². The summed E-state index contributed by atoms with van der Waals surface area (Å²) in [7, 11) is 1.71. The van der Waals surface area contributed by atoms with Crippen LogP contribution in [0.2, 0.25) is 0 Å². The van der Waals surface area contributed by atoms with Gasteiger partial charge in [0.05, 0.1) is 17.5 Å². The molecule has 2 aromatic heterocycles. The van der Waals surface area contributed by atoms with Crippen molar-refractivity contribution < 1.29 is 4.74 Å². The van der Waals surface area contributed by atoms with Gasteiger partial charge in [0, 0.05) is 13.2 Å². The minimum atomic E-state index is -0.111. The maximum atomic E-state index is 12.4. The van der Waals surface area contributed by atoms with Crippen LogP contribution in [0.1, 0.15) is 5.56 Å². The lowest BCUT2D eigenvalue weighted by atomic mass is 10.2. The number of aromatic nitrogens is 3. The molecule has 0 amide bonds. The van der Waals surface area contributed by atoms with Crippen LogP contribution in [0.15, 0.2) is 64.8 Å². The molecule has 0 aliphatic rings. The molecule has 0 aliphatic carbocycles. The first-order valence-electron chi connectivity index (χ1n) is 7.42. The van der Waals surface area contributed by atoms with E-state index in [1.807, 2.05) is 42.7 Å². The van der Waals surface area contributed by atoms with Gasteiger partial charge in [-0.25, -0.2) is 4.98 Å². The van der Waals surface area contributed by atoms with Crippen LogP contribution in [0, 0.1) is 0 Å². The van der Waals surface area contributed by atoms with Gasteiger partial charge in [-0.1, -0.05) is 42.1 Å². The number of pyridine rings is 1. The fourth-order valence-electron chi connectivity index (χ4n) is 2.26. The van der Waals surface area contributed by atoms with Crippen LogP contribution >= 0.6 is 11.8 Å². The van der Waals surface area contributed by atoms with E-state index in [0.29, 0.717) is 28.8 Å². The van der Waals surface area contributed by atoms with Crippen LogP contribution < -0.4 is 10.3 Å². The van der Waals surface area contributed by atoms with Gasteiger partial charge in [0.2, 0.25) is 0 Å².